The summed E-state index contributed by atoms with van der Waals surface area (Å²) in [6.45, 7) is 4.40. The number of benzene rings is 1. The van der Waals surface area contributed by atoms with Gasteiger partial charge in [0.1, 0.15) is 0 Å². The van der Waals surface area contributed by atoms with Gasteiger partial charge in [-0.25, -0.2) is 0 Å². The number of rotatable bonds is 5. The monoisotopic (exact) mass is 261 g/mol. The number of hydrogen-bond acceptors (Lipinski definition) is 3. The van der Waals surface area contributed by atoms with E-state index in [1.54, 1.807) is 11.6 Å². The predicted molar refractivity (Wildman–Crippen MR) is 74.1 cm³/mol. The Morgan fingerprint density at radius 1 is 1.47 bits per heavy atom. The zero-order chi connectivity index (χ0) is 13.8. The van der Waals surface area contributed by atoms with Crippen LogP contribution in [0.15, 0.2) is 24.3 Å². The van der Waals surface area contributed by atoms with Gasteiger partial charge < -0.3 is 10.1 Å². The molecule has 1 aromatic carbocycles. The number of aromatic nitrogens is 2. The summed E-state index contributed by atoms with van der Waals surface area (Å²) < 4.78 is 7.41. The number of nitrogens with one attached hydrogen (secondary N) is 1. The molecule has 1 atom stereocenters. The topological polar surface area (TPSA) is 56.1 Å². The van der Waals surface area contributed by atoms with Gasteiger partial charge in [-0.05, 0) is 25.5 Å². The van der Waals surface area contributed by atoms with Crippen LogP contribution in [0.2, 0.25) is 0 Å². The summed E-state index contributed by atoms with van der Waals surface area (Å²) in [4.78, 5) is 11.8. The van der Waals surface area contributed by atoms with Crippen molar-refractivity contribution < 1.29 is 9.53 Å². The molecule has 5 heteroatoms. The first-order chi connectivity index (χ1) is 9.13. The summed E-state index contributed by atoms with van der Waals surface area (Å²) in [5, 5.41) is 8.03. The van der Waals surface area contributed by atoms with E-state index < -0.39 is 6.10 Å². The Balaban J connectivity index is 2.15. The van der Waals surface area contributed by atoms with Gasteiger partial charge in [-0.1, -0.05) is 19.1 Å². The molecule has 1 amide bonds. The van der Waals surface area contributed by atoms with E-state index in [9.17, 15) is 4.79 Å². The SMILES string of the molecule is CCCNC(=O)[C@H](C)Oc1nn(C)c2ccccc12. The van der Waals surface area contributed by atoms with Crippen LogP contribution in [0.4, 0.5) is 0 Å². The van der Waals surface area contributed by atoms with E-state index in [1.165, 1.54) is 0 Å². The van der Waals surface area contributed by atoms with Gasteiger partial charge >= 0.3 is 0 Å². The molecule has 0 saturated carbocycles. The highest BCUT2D eigenvalue weighted by molar-refractivity contribution is 5.85. The van der Waals surface area contributed by atoms with Crippen molar-refractivity contribution in [3.63, 3.8) is 0 Å². The lowest BCUT2D eigenvalue weighted by Gasteiger charge is -2.12. The Labute approximate surface area is 112 Å². The van der Waals surface area contributed by atoms with E-state index in [1.807, 2.05) is 38.2 Å². The highest BCUT2D eigenvalue weighted by atomic mass is 16.5. The van der Waals surface area contributed by atoms with Crippen molar-refractivity contribution in [2.24, 2.45) is 7.05 Å². The summed E-state index contributed by atoms with van der Waals surface area (Å²) in [6, 6.07) is 7.79. The molecular formula is C14H19N3O2. The van der Waals surface area contributed by atoms with Gasteiger partial charge in [0, 0.05) is 13.6 Å². The highest BCUT2D eigenvalue weighted by Crippen LogP contribution is 2.24. The van der Waals surface area contributed by atoms with Crippen LogP contribution in [0.5, 0.6) is 5.88 Å². The minimum absolute atomic E-state index is 0.114. The Kier molecular flexibility index (Phi) is 4.04. The lowest BCUT2D eigenvalue weighted by molar-refractivity contribution is -0.127. The summed E-state index contributed by atoms with van der Waals surface area (Å²) >= 11 is 0. The second-order valence-electron chi connectivity index (χ2n) is 4.50. The van der Waals surface area contributed by atoms with Gasteiger partial charge in [-0.2, -0.15) is 0 Å². The molecule has 102 valence electrons. The van der Waals surface area contributed by atoms with E-state index in [-0.39, 0.29) is 5.91 Å². The summed E-state index contributed by atoms with van der Waals surface area (Å²) in [6.07, 6.45) is 0.357. The molecule has 0 bridgehead atoms. The normalized spacial score (nSPS) is 12.4. The van der Waals surface area contributed by atoms with E-state index in [2.05, 4.69) is 10.4 Å². The van der Waals surface area contributed by atoms with Crippen LogP contribution < -0.4 is 10.1 Å². The average molecular weight is 261 g/mol. The maximum Gasteiger partial charge on any atom is 0.260 e. The first-order valence-electron chi connectivity index (χ1n) is 6.49. The van der Waals surface area contributed by atoms with E-state index in [0.717, 1.165) is 17.3 Å². The van der Waals surface area contributed by atoms with Crippen LogP contribution in [-0.2, 0) is 11.8 Å². The molecule has 1 aromatic heterocycles. The minimum atomic E-state index is -0.551. The Morgan fingerprint density at radius 3 is 2.95 bits per heavy atom. The molecular weight excluding hydrogens is 242 g/mol. The Bertz CT molecular complexity index is 577. The first kappa shape index (κ1) is 13.4. The van der Waals surface area contributed by atoms with Gasteiger partial charge in [0.25, 0.3) is 5.91 Å². The van der Waals surface area contributed by atoms with Gasteiger partial charge in [-0.15, -0.1) is 5.10 Å². The molecule has 0 spiro atoms. The molecule has 0 radical (unpaired) electrons. The Hall–Kier alpha value is -2.04. The van der Waals surface area contributed by atoms with Gasteiger partial charge in [0.2, 0.25) is 5.88 Å². The van der Waals surface area contributed by atoms with Crippen molar-refractivity contribution in [1.29, 1.82) is 0 Å². The van der Waals surface area contributed by atoms with Crippen LogP contribution in [-0.4, -0.2) is 28.3 Å². The molecule has 19 heavy (non-hydrogen) atoms. The third-order valence-electron chi connectivity index (χ3n) is 2.93. The molecule has 0 aliphatic heterocycles. The fourth-order valence-electron chi connectivity index (χ4n) is 1.88. The minimum Gasteiger partial charge on any atom is -0.463 e. The third-order valence-corrected chi connectivity index (χ3v) is 2.93. The van der Waals surface area contributed by atoms with Crippen molar-refractivity contribution in [1.82, 2.24) is 15.1 Å². The van der Waals surface area contributed by atoms with Crippen molar-refractivity contribution in [3.05, 3.63) is 24.3 Å². The van der Waals surface area contributed by atoms with Crippen molar-refractivity contribution in [2.45, 2.75) is 26.4 Å². The molecule has 1 heterocycles. The van der Waals surface area contributed by atoms with E-state index in [4.69, 9.17) is 4.74 Å². The molecule has 1 N–H and O–H groups in total. The van der Waals surface area contributed by atoms with Crippen molar-refractivity contribution in [2.75, 3.05) is 6.54 Å². The van der Waals surface area contributed by atoms with Gasteiger partial charge in [-0.3, -0.25) is 9.48 Å². The lowest BCUT2D eigenvalue weighted by atomic mass is 10.2. The first-order valence-corrected chi connectivity index (χ1v) is 6.49. The highest BCUT2D eigenvalue weighted by Gasteiger charge is 2.17. The number of aryl methyl sites for hydroxylation is 1. The zero-order valence-electron chi connectivity index (χ0n) is 11.5. The number of carbonyl (C=O) groups is 1. The number of nitrogens with zero attached hydrogens (tertiary/aromatic N) is 2. The second kappa shape index (κ2) is 5.73. The van der Waals surface area contributed by atoms with Crippen LogP contribution in [0.25, 0.3) is 10.9 Å². The number of hydrogen-bond donors (Lipinski definition) is 1. The van der Waals surface area contributed by atoms with E-state index in [0.29, 0.717) is 12.4 Å². The van der Waals surface area contributed by atoms with Crippen molar-refractivity contribution in [3.8, 4) is 5.88 Å². The molecule has 2 rings (SSSR count). The smallest absolute Gasteiger partial charge is 0.260 e. The summed E-state index contributed by atoms with van der Waals surface area (Å²) in [5.74, 6) is 0.383. The maximum absolute atomic E-state index is 11.8. The Morgan fingerprint density at radius 2 is 2.21 bits per heavy atom. The number of ether oxygens (including phenoxy) is 1. The molecule has 0 aliphatic rings. The third kappa shape index (κ3) is 2.86. The van der Waals surface area contributed by atoms with Crippen LogP contribution in [0, 0.1) is 0 Å². The van der Waals surface area contributed by atoms with Crippen molar-refractivity contribution >= 4 is 16.8 Å². The molecule has 0 aliphatic carbocycles. The van der Waals surface area contributed by atoms with Gasteiger partial charge in [0.15, 0.2) is 6.10 Å². The molecule has 0 unspecified atom stereocenters. The molecule has 0 saturated heterocycles. The lowest BCUT2D eigenvalue weighted by Crippen LogP contribution is -2.36. The van der Waals surface area contributed by atoms with Gasteiger partial charge in [0.05, 0.1) is 10.9 Å². The molecule has 5 nitrogen and oxygen atoms in total. The van der Waals surface area contributed by atoms with E-state index >= 15 is 0 Å². The summed E-state index contributed by atoms with van der Waals surface area (Å²) in [5.41, 5.74) is 0.985. The fourth-order valence-corrected chi connectivity index (χ4v) is 1.88. The zero-order valence-corrected chi connectivity index (χ0v) is 11.5. The number of carbonyl (C=O) groups excluding carboxylic acids is 1. The standard InChI is InChI=1S/C14H19N3O2/c1-4-9-15-13(18)10(2)19-14-11-7-5-6-8-12(11)17(3)16-14/h5-8,10H,4,9H2,1-3H3,(H,15,18)/t10-/m0/s1. The number of para-hydroxylation sites is 1. The fraction of sp³-hybridized carbons (Fsp3) is 0.429. The summed E-state index contributed by atoms with van der Waals surface area (Å²) in [7, 11) is 1.86. The van der Waals surface area contributed by atoms with Crippen LogP contribution >= 0.6 is 0 Å². The average Bonchev–Trinajstić information content (AvgIpc) is 2.73. The largest absolute Gasteiger partial charge is 0.463 e. The number of amides is 1. The van der Waals surface area contributed by atoms with Crippen LogP contribution in [0.3, 0.4) is 0 Å². The number of fused-ring (bicyclic) bond motifs is 1. The quantitative estimate of drug-likeness (QED) is 0.894. The molecule has 2 aromatic rings. The predicted octanol–water partition coefficient (Wildman–Crippen LogP) is 1.87. The molecule has 0 fully saturated rings. The second-order valence-corrected chi connectivity index (χ2v) is 4.50. The van der Waals surface area contributed by atoms with Crippen LogP contribution in [0.1, 0.15) is 20.3 Å². The maximum atomic E-state index is 11.8.